The van der Waals surface area contributed by atoms with Gasteiger partial charge < -0.3 is 19.5 Å². The Bertz CT molecular complexity index is 202. The van der Waals surface area contributed by atoms with E-state index in [-0.39, 0.29) is 0 Å². The number of nitrogens with one attached hydrogen (secondary N) is 1. The smallest absolute Gasteiger partial charge is 0.0701 e. The molecule has 1 aliphatic heterocycles. The molecule has 1 rings (SSSR count). The molecule has 0 amide bonds. The average Bonchev–Trinajstić information content (AvgIpc) is 2.49. The Hall–Kier alpha value is 0.190. The van der Waals surface area contributed by atoms with Crippen molar-refractivity contribution in [2.75, 3.05) is 57.7 Å². The number of rotatable bonds is 13. The summed E-state index contributed by atoms with van der Waals surface area (Å²) in [5.41, 5.74) is 0. The first kappa shape index (κ1) is 18.2. The van der Waals surface area contributed by atoms with Crippen LogP contribution in [0.3, 0.4) is 0 Å². The van der Waals surface area contributed by atoms with Crippen molar-refractivity contribution >= 4 is 11.8 Å². The van der Waals surface area contributed by atoms with Crippen molar-refractivity contribution in [3.63, 3.8) is 0 Å². The van der Waals surface area contributed by atoms with Gasteiger partial charge in [0, 0.05) is 19.2 Å². The molecule has 20 heavy (non-hydrogen) atoms. The van der Waals surface area contributed by atoms with Crippen LogP contribution in [0.4, 0.5) is 0 Å². The van der Waals surface area contributed by atoms with Crippen molar-refractivity contribution in [3.8, 4) is 0 Å². The third-order valence-corrected chi connectivity index (χ3v) is 4.34. The number of hydrogen-bond donors (Lipinski definition) is 1. The summed E-state index contributed by atoms with van der Waals surface area (Å²) in [5, 5.41) is 3.55. The summed E-state index contributed by atoms with van der Waals surface area (Å²) in [6.07, 6.45) is 4.91. The zero-order chi connectivity index (χ0) is 14.3. The fourth-order valence-electron chi connectivity index (χ4n) is 2.03. The third kappa shape index (κ3) is 10.9. The normalized spacial score (nSPS) is 16.6. The van der Waals surface area contributed by atoms with Crippen molar-refractivity contribution in [2.45, 2.75) is 38.6 Å². The fourth-order valence-corrected chi connectivity index (χ4v) is 3.13. The van der Waals surface area contributed by atoms with Crippen molar-refractivity contribution < 1.29 is 14.2 Å². The highest BCUT2D eigenvalue weighted by atomic mass is 32.2. The zero-order valence-electron chi connectivity index (χ0n) is 12.9. The summed E-state index contributed by atoms with van der Waals surface area (Å²) in [7, 11) is 0. The quantitative estimate of drug-likeness (QED) is 0.529. The minimum absolute atomic E-state index is 0.664. The standard InChI is InChI=1S/C15H31NO3S/c1-2-3-7-17-9-11-19-12-10-18-8-6-16-15-4-13-20-14-5-15/h15-16H,2-14H2,1H3. The molecular weight excluding hydrogens is 274 g/mol. The largest absolute Gasteiger partial charge is 0.379 e. The molecule has 4 nitrogen and oxygen atoms in total. The molecule has 0 aliphatic carbocycles. The summed E-state index contributed by atoms with van der Waals surface area (Å²) in [5.74, 6) is 2.60. The van der Waals surface area contributed by atoms with Gasteiger partial charge in [-0.25, -0.2) is 0 Å². The van der Waals surface area contributed by atoms with Gasteiger partial charge in [-0.3, -0.25) is 0 Å². The van der Waals surface area contributed by atoms with Crippen molar-refractivity contribution in [1.29, 1.82) is 0 Å². The van der Waals surface area contributed by atoms with E-state index in [0.29, 0.717) is 32.5 Å². The van der Waals surface area contributed by atoms with E-state index >= 15 is 0 Å². The highest BCUT2D eigenvalue weighted by molar-refractivity contribution is 7.99. The lowest BCUT2D eigenvalue weighted by atomic mass is 10.1. The molecule has 1 saturated heterocycles. The molecule has 0 bridgehead atoms. The molecule has 0 unspecified atom stereocenters. The summed E-state index contributed by atoms with van der Waals surface area (Å²) in [6.45, 7) is 7.46. The molecule has 1 aliphatic rings. The monoisotopic (exact) mass is 305 g/mol. The van der Waals surface area contributed by atoms with E-state index < -0.39 is 0 Å². The predicted molar refractivity (Wildman–Crippen MR) is 85.7 cm³/mol. The molecule has 0 aromatic rings. The van der Waals surface area contributed by atoms with E-state index in [2.05, 4.69) is 24.0 Å². The third-order valence-electron chi connectivity index (χ3n) is 3.29. The predicted octanol–water partition coefficient (Wildman–Crippen LogP) is 2.32. The van der Waals surface area contributed by atoms with E-state index in [1.165, 1.54) is 30.8 Å². The topological polar surface area (TPSA) is 39.7 Å². The van der Waals surface area contributed by atoms with Crippen LogP contribution >= 0.6 is 11.8 Å². The highest BCUT2D eigenvalue weighted by Gasteiger charge is 2.11. The van der Waals surface area contributed by atoms with E-state index in [1.807, 2.05) is 0 Å². The second kappa shape index (κ2) is 14.1. The summed E-state index contributed by atoms with van der Waals surface area (Å²) in [4.78, 5) is 0. The van der Waals surface area contributed by atoms with Crippen LogP contribution in [0.5, 0.6) is 0 Å². The van der Waals surface area contributed by atoms with Gasteiger partial charge >= 0.3 is 0 Å². The molecule has 1 fully saturated rings. The van der Waals surface area contributed by atoms with Crippen LogP contribution in [0.2, 0.25) is 0 Å². The Kier molecular flexibility index (Phi) is 12.9. The highest BCUT2D eigenvalue weighted by Crippen LogP contribution is 2.16. The number of hydrogen-bond acceptors (Lipinski definition) is 5. The van der Waals surface area contributed by atoms with Crippen LogP contribution in [0.1, 0.15) is 32.6 Å². The van der Waals surface area contributed by atoms with Gasteiger partial charge in [-0.15, -0.1) is 0 Å². The molecule has 1 heterocycles. The first-order chi connectivity index (χ1) is 9.93. The van der Waals surface area contributed by atoms with E-state index in [0.717, 1.165) is 26.2 Å². The minimum Gasteiger partial charge on any atom is -0.379 e. The lowest BCUT2D eigenvalue weighted by Gasteiger charge is -2.22. The molecule has 0 aromatic heterocycles. The second-order valence-electron chi connectivity index (χ2n) is 5.03. The summed E-state index contributed by atoms with van der Waals surface area (Å²) >= 11 is 2.06. The Morgan fingerprint density at radius 1 is 0.900 bits per heavy atom. The molecule has 0 saturated carbocycles. The average molecular weight is 305 g/mol. The first-order valence-corrected chi connectivity index (χ1v) is 9.13. The number of unbranched alkanes of at least 4 members (excludes halogenated alkanes) is 1. The van der Waals surface area contributed by atoms with E-state index in [1.54, 1.807) is 0 Å². The maximum atomic E-state index is 5.54. The molecule has 0 atom stereocenters. The first-order valence-electron chi connectivity index (χ1n) is 7.98. The van der Waals surface area contributed by atoms with Crippen molar-refractivity contribution in [3.05, 3.63) is 0 Å². The molecule has 0 radical (unpaired) electrons. The van der Waals surface area contributed by atoms with Crippen molar-refractivity contribution in [2.24, 2.45) is 0 Å². The molecule has 120 valence electrons. The van der Waals surface area contributed by atoms with Gasteiger partial charge in [0.15, 0.2) is 0 Å². The van der Waals surface area contributed by atoms with Crippen LogP contribution in [-0.4, -0.2) is 63.7 Å². The zero-order valence-corrected chi connectivity index (χ0v) is 13.7. The van der Waals surface area contributed by atoms with E-state index in [9.17, 15) is 0 Å². The van der Waals surface area contributed by atoms with Gasteiger partial charge in [0.05, 0.1) is 33.0 Å². The van der Waals surface area contributed by atoms with Crippen molar-refractivity contribution in [1.82, 2.24) is 5.32 Å². The fraction of sp³-hybridized carbons (Fsp3) is 1.00. The molecular formula is C15H31NO3S. The Labute approximate surface area is 128 Å². The van der Waals surface area contributed by atoms with Crippen LogP contribution < -0.4 is 5.32 Å². The lowest BCUT2D eigenvalue weighted by molar-refractivity contribution is 0.0144. The minimum atomic E-state index is 0.664. The van der Waals surface area contributed by atoms with Crippen LogP contribution in [0.25, 0.3) is 0 Å². The molecule has 0 spiro atoms. The number of ether oxygens (including phenoxy) is 3. The van der Waals surface area contributed by atoms with Crippen LogP contribution in [0.15, 0.2) is 0 Å². The van der Waals surface area contributed by atoms with Gasteiger partial charge in [0.2, 0.25) is 0 Å². The molecule has 5 heteroatoms. The Morgan fingerprint density at radius 3 is 2.15 bits per heavy atom. The van der Waals surface area contributed by atoms with Gasteiger partial charge in [0.1, 0.15) is 0 Å². The van der Waals surface area contributed by atoms with Gasteiger partial charge in [-0.2, -0.15) is 11.8 Å². The van der Waals surface area contributed by atoms with Gasteiger partial charge in [-0.05, 0) is 30.8 Å². The van der Waals surface area contributed by atoms with Gasteiger partial charge in [-0.1, -0.05) is 13.3 Å². The SMILES string of the molecule is CCCCOCCOCCOCCNC1CCSCC1. The molecule has 1 N–H and O–H groups in total. The van der Waals surface area contributed by atoms with Crippen LogP contribution in [-0.2, 0) is 14.2 Å². The summed E-state index contributed by atoms with van der Waals surface area (Å²) in [6, 6.07) is 0.705. The number of thioether (sulfide) groups is 1. The maximum absolute atomic E-state index is 5.54. The Morgan fingerprint density at radius 2 is 1.50 bits per heavy atom. The maximum Gasteiger partial charge on any atom is 0.0701 e. The second-order valence-corrected chi connectivity index (χ2v) is 6.26. The Balaban J connectivity index is 1.70. The molecule has 0 aromatic carbocycles. The lowest BCUT2D eigenvalue weighted by Crippen LogP contribution is -2.35. The van der Waals surface area contributed by atoms with Gasteiger partial charge in [0.25, 0.3) is 0 Å². The van der Waals surface area contributed by atoms with E-state index in [4.69, 9.17) is 14.2 Å². The van der Waals surface area contributed by atoms with Crippen LogP contribution in [0, 0.1) is 0 Å². The summed E-state index contributed by atoms with van der Waals surface area (Å²) < 4.78 is 16.4.